The lowest BCUT2D eigenvalue weighted by atomic mass is 10.2. The fourth-order valence-corrected chi connectivity index (χ4v) is 3.11. The maximum absolute atomic E-state index is 12.0. The van der Waals surface area contributed by atoms with Gasteiger partial charge >= 0.3 is 0 Å². The van der Waals surface area contributed by atoms with E-state index < -0.39 is 0 Å². The first kappa shape index (κ1) is 16.4. The molecule has 0 radical (unpaired) electrons. The highest BCUT2D eigenvalue weighted by atomic mass is 32.2. The zero-order valence-corrected chi connectivity index (χ0v) is 14.3. The maximum atomic E-state index is 12.0. The summed E-state index contributed by atoms with van der Waals surface area (Å²) in [6.07, 6.45) is 3.22. The van der Waals surface area contributed by atoms with Crippen LogP contribution < -0.4 is 5.32 Å². The summed E-state index contributed by atoms with van der Waals surface area (Å²) in [5.74, 6) is 2.46. The Morgan fingerprint density at radius 3 is 2.83 bits per heavy atom. The van der Waals surface area contributed by atoms with Gasteiger partial charge in [0.25, 0.3) is 0 Å². The van der Waals surface area contributed by atoms with Gasteiger partial charge in [0.2, 0.25) is 5.91 Å². The van der Waals surface area contributed by atoms with Crippen molar-refractivity contribution in [2.45, 2.75) is 32.1 Å². The van der Waals surface area contributed by atoms with E-state index in [1.165, 1.54) is 11.8 Å². The van der Waals surface area contributed by atoms with Gasteiger partial charge in [-0.15, -0.1) is 10.2 Å². The molecule has 126 valence electrons. The molecule has 0 aliphatic rings. The molecule has 24 heavy (non-hydrogen) atoms. The molecular formula is C16H18N4O3S. The smallest absolute Gasteiger partial charge is 0.230 e. The van der Waals surface area contributed by atoms with Crippen LogP contribution in [0.15, 0.2) is 44.7 Å². The summed E-state index contributed by atoms with van der Waals surface area (Å²) in [4.78, 5) is 12.0. The molecule has 1 amide bonds. The third-order valence-electron chi connectivity index (χ3n) is 3.51. The van der Waals surface area contributed by atoms with Crippen molar-refractivity contribution in [3.8, 4) is 11.4 Å². The van der Waals surface area contributed by atoms with E-state index in [-0.39, 0.29) is 11.7 Å². The van der Waals surface area contributed by atoms with E-state index in [2.05, 4.69) is 15.5 Å². The van der Waals surface area contributed by atoms with Gasteiger partial charge in [0.15, 0.2) is 11.0 Å². The summed E-state index contributed by atoms with van der Waals surface area (Å²) in [6.45, 7) is 5.00. The third-order valence-corrected chi connectivity index (χ3v) is 4.47. The number of rotatable bonds is 7. The summed E-state index contributed by atoms with van der Waals surface area (Å²) < 4.78 is 12.5. The first-order chi connectivity index (χ1) is 11.7. The highest BCUT2D eigenvalue weighted by Gasteiger charge is 2.17. The molecule has 3 heterocycles. The minimum Gasteiger partial charge on any atom is -0.469 e. The van der Waals surface area contributed by atoms with Crippen LogP contribution in [0.5, 0.6) is 0 Å². The molecule has 3 aromatic heterocycles. The summed E-state index contributed by atoms with van der Waals surface area (Å²) >= 11 is 1.36. The molecule has 0 unspecified atom stereocenters. The fourth-order valence-electron chi connectivity index (χ4n) is 2.28. The predicted octanol–water partition coefficient (Wildman–Crippen LogP) is 2.87. The predicted molar refractivity (Wildman–Crippen MR) is 89.4 cm³/mol. The quantitative estimate of drug-likeness (QED) is 0.662. The van der Waals surface area contributed by atoms with Crippen molar-refractivity contribution in [1.29, 1.82) is 0 Å². The number of amides is 1. The van der Waals surface area contributed by atoms with Crippen LogP contribution >= 0.6 is 11.8 Å². The van der Waals surface area contributed by atoms with Crippen LogP contribution in [-0.2, 0) is 17.9 Å². The number of aromatic nitrogens is 3. The number of carbonyl (C=O) groups is 1. The van der Waals surface area contributed by atoms with Crippen molar-refractivity contribution in [3.63, 3.8) is 0 Å². The molecule has 0 spiro atoms. The van der Waals surface area contributed by atoms with Gasteiger partial charge in [-0.25, -0.2) is 0 Å². The number of thioether (sulfide) groups is 1. The molecule has 7 nitrogen and oxygen atoms in total. The minimum absolute atomic E-state index is 0.0805. The number of hydrogen-bond acceptors (Lipinski definition) is 6. The van der Waals surface area contributed by atoms with Crippen LogP contribution in [0.2, 0.25) is 0 Å². The second-order valence-electron chi connectivity index (χ2n) is 5.09. The van der Waals surface area contributed by atoms with Gasteiger partial charge in [0.05, 0.1) is 30.4 Å². The van der Waals surface area contributed by atoms with Gasteiger partial charge in [-0.3, -0.25) is 4.79 Å². The van der Waals surface area contributed by atoms with Crippen molar-refractivity contribution >= 4 is 17.7 Å². The summed E-state index contributed by atoms with van der Waals surface area (Å²) in [6, 6.07) is 5.48. The van der Waals surface area contributed by atoms with Crippen LogP contribution in [0.4, 0.5) is 0 Å². The summed E-state index contributed by atoms with van der Waals surface area (Å²) in [7, 11) is 0. The lowest BCUT2D eigenvalue weighted by Gasteiger charge is -2.07. The normalized spacial score (nSPS) is 10.9. The summed E-state index contributed by atoms with van der Waals surface area (Å²) in [5.41, 5.74) is 0.915. The molecule has 0 aliphatic heterocycles. The van der Waals surface area contributed by atoms with E-state index in [0.717, 1.165) is 22.9 Å². The van der Waals surface area contributed by atoms with E-state index in [0.29, 0.717) is 18.2 Å². The Bertz CT molecular complexity index is 807. The van der Waals surface area contributed by atoms with Crippen LogP contribution in [-0.4, -0.2) is 26.4 Å². The largest absolute Gasteiger partial charge is 0.469 e. The topological polar surface area (TPSA) is 86.1 Å². The molecule has 3 aromatic rings. The first-order valence-corrected chi connectivity index (χ1v) is 8.57. The van der Waals surface area contributed by atoms with Gasteiger partial charge in [-0.2, -0.15) is 0 Å². The molecule has 0 aliphatic carbocycles. The lowest BCUT2D eigenvalue weighted by molar-refractivity contribution is -0.118. The van der Waals surface area contributed by atoms with E-state index in [4.69, 9.17) is 8.83 Å². The number of hydrogen-bond donors (Lipinski definition) is 1. The molecule has 0 bridgehead atoms. The summed E-state index contributed by atoms with van der Waals surface area (Å²) in [5, 5.41) is 12.0. The monoisotopic (exact) mass is 346 g/mol. The Hall–Kier alpha value is -2.48. The van der Waals surface area contributed by atoms with Crippen LogP contribution in [0, 0.1) is 6.92 Å². The van der Waals surface area contributed by atoms with Crippen molar-refractivity contribution in [1.82, 2.24) is 20.1 Å². The van der Waals surface area contributed by atoms with E-state index in [9.17, 15) is 4.79 Å². The van der Waals surface area contributed by atoms with Gasteiger partial charge in [0, 0.05) is 6.54 Å². The van der Waals surface area contributed by atoms with Crippen molar-refractivity contribution < 1.29 is 13.6 Å². The number of carbonyl (C=O) groups excluding carboxylic acids is 1. The maximum Gasteiger partial charge on any atom is 0.230 e. The van der Waals surface area contributed by atoms with Crippen molar-refractivity contribution in [2.24, 2.45) is 0 Å². The molecule has 1 N–H and O–H groups in total. The number of aryl methyl sites for hydroxylation is 1. The average molecular weight is 346 g/mol. The second-order valence-corrected chi connectivity index (χ2v) is 6.03. The molecule has 3 rings (SSSR count). The van der Waals surface area contributed by atoms with Gasteiger partial charge in [0.1, 0.15) is 11.5 Å². The Morgan fingerprint density at radius 2 is 2.17 bits per heavy atom. The lowest BCUT2D eigenvalue weighted by Crippen LogP contribution is -2.24. The Balaban J connectivity index is 1.62. The Labute approximate surface area is 143 Å². The molecule has 0 saturated heterocycles. The fraction of sp³-hybridized carbons (Fsp3) is 0.312. The van der Waals surface area contributed by atoms with Gasteiger partial charge in [-0.05, 0) is 32.0 Å². The van der Waals surface area contributed by atoms with Gasteiger partial charge in [-0.1, -0.05) is 11.8 Å². The van der Waals surface area contributed by atoms with Crippen molar-refractivity contribution in [3.05, 3.63) is 42.2 Å². The molecular weight excluding hydrogens is 328 g/mol. The standard InChI is InChI=1S/C16H18N4O3S/c1-3-20-15(13-6-8-22-11(13)2)18-19-16(20)24-10-14(21)17-9-12-5-4-7-23-12/h4-8H,3,9-10H2,1-2H3,(H,17,21). The zero-order valence-electron chi connectivity index (χ0n) is 13.5. The Morgan fingerprint density at radius 1 is 1.29 bits per heavy atom. The minimum atomic E-state index is -0.0805. The molecule has 0 atom stereocenters. The Kier molecular flexibility index (Phi) is 5.05. The number of furan rings is 2. The molecule has 8 heteroatoms. The molecule has 0 fully saturated rings. The third kappa shape index (κ3) is 3.53. The number of nitrogens with zero attached hydrogens (tertiary/aromatic N) is 3. The highest BCUT2D eigenvalue weighted by Crippen LogP contribution is 2.26. The van der Waals surface area contributed by atoms with Crippen molar-refractivity contribution in [2.75, 3.05) is 5.75 Å². The highest BCUT2D eigenvalue weighted by molar-refractivity contribution is 7.99. The van der Waals surface area contributed by atoms with Crippen LogP contribution in [0.1, 0.15) is 18.4 Å². The van der Waals surface area contributed by atoms with E-state index >= 15 is 0 Å². The zero-order chi connectivity index (χ0) is 16.9. The average Bonchev–Trinajstić information content (AvgIpc) is 3.31. The SMILES string of the molecule is CCn1c(SCC(=O)NCc2ccco2)nnc1-c1ccoc1C. The van der Waals surface area contributed by atoms with Crippen LogP contribution in [0.3, 0.4) is 0 Å². The first-order valence-electron chi connectivity index (χ1n) is 7.58. The second kappa shape index (κ2) is 7.39. The van der Waals surface area contributed by atoms with Crippen LogP contribution in [0.25, 0.3) is 11.4 Å². The van der Waals surface area contributed by atoms with Gasteiger partial charge < -0.3 is 18.7 Å². The number of nitrogens with one attached hydrogen (secondary N) is 1. The molecule has 0 aromatic carbocycles. The molecule has 0 saturated carbocycles. The van der Waals surface area contributed by atoms with E-state index in [1.807, 2.05) is 30.5 Å². The van der Waals surface area contributed by atoms with E-state index in [1.54, 1.807) is 18.6 Å².